The fraction of sp³-hybridized carbons (Fsp3) is 0. The molecule has 0 aliphatic rings. The predicted molar refractivity (Wildman–Crippen MR) is 251 cm³/mol. The molecule has 1 aromatic heterocycles. The van der Waals surface area contributed by atoms with E-state index in [0.29, 0.717) is 5.89 Å². The van der Waals surface area contributed by atoms with E-state index in [0.717, 1.165) is 60.8 Å². The van der Waals surface area contributed by atoms with Crippen molar-refractivity contribution in [2.45, 2.75) is 0 Å². The van der Waals surface area contributed by atoms with Crippen molar-refractivity contribution < 1.29 is 4.42 Å². The first kappa shape index (κ1) is 34.7. The van der Waals surface area contributed by atoms with Gasteiger partial charge in [-0.2, -0.15) is 0 Å². The minimum atomic E-state index is -1.84. The fourth-order valence-electron chi connectivity index (χ4n) is 8.85. The third-order valence-corrected chi connectivity index (χ3v) is 14.7. The average molecular weight is 771 g/mol. The minimum absolute atomic E-state index is 0.624. The van der Waals surface area contributed by atoms with Crippen molar-refractivity contribution in [2.75, 3.05) is 4.90 Å². The number of benzene rings is 10. The van der Waals surface area contributed by atoms with Crippen LogP contribution in [0.15, 0.2) is 229 Å². The van der Waals surface area contributed by atoms with Crippen LogP contribution in [0.25, 0.3) is 66.0 Å². The van der Waals surface area contributed by atoms with Gasteiger partial charge in [0.1, 0.15) is 14.3 Å². The van der Waals surface area contributed by atoms with Gasteiger partial charge in [-0.05, 0) is 81.0 Å². The minimum Gasteiger partial charge on any atom is -0.435 e. The molecular formula is C55H38N2OSi. The molecule has 0 amide bonds. The van der Waals surface area contributed by atoms with E-state index < -0.39 is 8.80 Å². The molecule has 0 unspecified atom stereocenters. The molecule has 0 saturated carbocycles. The summed E-state index contributed by atoms with van der Waals surface area (Å²) in [6, 6.07) is 81.1. The number of hydrogen-bond donors (Lipinski definition) is 0. The molecule has 10 aromatic carbocycles. The molecule has 0 saturated heterocycles. The Morgan fingerprint density at radius 3 is 1.80 bits per heavy atom. The Bertz CT molecular complexity index is 3240. The molecule has 0 spiro atoms. The van der Waals surface area contributed by atoms with Gasteiger partial charge in [-0.25, -0.2) is 4.98 Å². The first-order valence-electron chi connectivity index (χ1n) is 20.2. The van der Waals surface area contributed by atoms with Crippen LogP contribution in [0, 0.1) is 0 Å². The Hall–Kier alpha value is -7.53. The zero-order chi connectivity index (χ0) is 39.1. The maximum Gasteiger partial charge on any atom is 0.227 e. The number of aromatic nitrogens is 1. The van der Waals surface area contributed by atoms with Gasteiger partial charge >= 0.3 is 0 Å². The van der Waals surface area contributed by atoms with E-state index in [-0.39, 0.29) is 0 Å². The van der Waals surface area contributed by atoms with Crippen molar-refractivity contribution in [2.24, 2.45) is 0 Å². The smallest absolute Gasteiger partial charge is 0.227 e. The molecule has 0 N–H and O–H groups in total. The van der Waals surface area contributed by atoms with Gasteiger partial charge in [0.25, 0.3) is 0 Å². The Morgan fingerprint density at radius 1 is 0.407 bits per heavy atom. The Morgan fingerprint density at radius 2 is 0.983 bits per heavy atom. The normalized spacial score (nSPS) is 11.5. The van der Waals surface area contributed by atoms with Crippen LogP contribution >= 0.6 is 0 Å². The molecule has 0 bridgehead atoms. The average Bonchev–Trinajstić information content (AvgIpc) is 3.75. The van der Waals surface area contributed by atoms with Gasteiger partial charge in [0, 0.05) is 27.9 Å². The highest BCUT2D eigenvalue weighted by Crippen LogP contribution is 2.44. The number of hydrogen-bond acceptors (Lipinski definition) is 3. The Balaban J connectivity index is 1.16. The number of oxazole rings is 1. The number of anilines is 3. The van der Waals surface area contributed by atoms with Crippen LogP contribution in [-0.2, 0) is 0 Å². The molecule has 278 valence electrons. The highest BCUT2D eigenvalue weighted by Gasteiger charge is 2.23. The molecule has 0 fully saturated rings. The van der Waals surface area contributed by atoms with Gasteiger partial charge in [0.15, 0.2) is 5.58 Å². The molecule has 0 atom stereocenters. The summed E-state index contributed by atoms with van der Waals surface area (Å²) in [5.41, 5.74) is 8.24. The fourth-order valence-corrected chi connectivity index (χ4v) is 11.9. The standard InChI is InChI=1S/C55H38N2OSi/c1-4-17-41(18-5-1)55-56-51-35-33-40-31-30-39-32-34-43(37-50(39)53(40)54(51)58-55)57(52-29-13-12-27-49(52)48-28-14-19-38-16-10-11-26-47(38)48)42-20-15-25-46(36-42)59(44-21-6-2-7-22-44)45-23-8-3-9-24-45/h1-37,59H. The first-order chi connectivity index (χ1) is 29.3. The van der Waals surface area contributed by atoms with Crippen molar-refractivity contribution in [1.82, 2.24) is 4.98 Å². The summed E-state index contributed by atoms with van der Waals surface area (Å²) in [5.74, 6) is 0.624. The summed E-state index contributed by atoms with van der Waals surface area (Å²) in [4.78, 5) is 7.42. The number of nitrogens with zero attached hydrogens (tertiary/aromatic N) is 2. The summed E-state index contributed by atoms with van der Waals surface area (Å²) < 4.78 is 6.67. The van der Waals surface area contributed by atoms with E-state index in [1.54, 1.807) is 0 Å². The second-order valence-electron chi connectivity index (χ2n) is 15.1. The van der Waals surface area contributed by atoms with Gasteiger partial charge in [-0.3, -0.25) is 0 Å². The molecule has 1 heterocycles. The second kappa shape index (κ2) is 14.8. The third-order valence-electron chi connectivity index (χ3n) is 11.6. The van der Waals surface area contributed by atoms with Crippen LogP contribution in [0.2, 0.25) is 0 Å². The van der Waals surface area contributed by atoms with Crippen LogP contribution in [-0.4, -0.2) is 13.8 Å². The molecule has 0 radical (unpaired) electrons. The van der Waals surface area contributed by atoms with Crippen LogP contribution in [0.4, 0.5) is 17.1 Å². The summed E-state index contributed by atoms with van der Waals surface area (Å²) in [7, 11) is -1.84. The van der Waals surface area contributed by atoms with Crippen LogP contribution in [0.3, 0.4) is 0 Å². The van der Waals surface area contributed by atoms with Crippen LogP contribution < -0.4 is 20.5 Å². The van der Waals surface area contributed by atoms with E-state index in [2.05, 4.69) is 199 Å². The lowest BCUT2D eigenvalue weighted by atomic mass is 9.95. The Labute approximate surface area is 344 Å². The lowest BCUT2D eigenvalue weighted by Gasteiger charge is -2.29. The topological polar surface area (TPSA) is 29.3 Å². The predicted octanol–water partition coefficient (Wildman–Crippen LogP) is 12.3. The van der Waals surface area contributed by atoms with Crippen molar-refractivity contribution in [3.8, 4) is 22.6 Å². The van der Waals surface area contributed by atoms with Crippen molar-refractivity contribution in [3.63, 3.8) is 0 Å². The van der Waals surface area contributed by atoms with E-state index in [1.165, 1.54) is 31.9 Å². The van der Waals surface area contributed by atoms with Crippen molar-refractivity contribution >= 4 is 84.8 Å². The SMILES string of the molecule is c1ccc(-c2nc3ccc4ccc5ccc(N(c6cccc([SiH](c7ccccc7)c7ccccc7)c6)c6ccccc6-c6cccc7ccccc67)cc5c4c3o2)cc1. The van der Waals surface area contributed by atoms with E-state index in [9.17, 15) is 0 Å². The monoisotopic (exact) mass is 770 g/mol. The maximum atomic E-state index is 6.67. The number of para-hydroxylation sites is 1. The van der Waals surface area contributed by atoms with Gasteiger partial charge in [0.05, 0.1) is 5.69 Å². The largest absolute Gasteiger partial charge is 0.435 e. The van der Waals surface area contributed by atoms with E-state index in [4.69, 9.17) is 9.40 Å². The summed E-state index contributed by atoms with van der Waals surface area (Å²) in [6.45, 7) is 0. The summed E-state index contributed by atoms with van der Waals surface area (Å²) in [6.07, 6.45) is 0. The van der Waals surface area contributed by atoms with Gasteiger partial charge < -0.3 is 9.32 Å². The molecule has 0 aliphatic heterocycles. The molecule has 11 rings (SSSR count). The van der Waals surface area contributed by atoms with Crippen molar-refractivity contribution in [1.29, 1.82) is 0 Å². The quantitative estimate of drug-likeness (QED) is 0.0875. The highest BCUT2D eigenvalue weighted by molar-refractivity contribution is 6.95. The Kier molecular flexibility index (Phi) is 8.68. The molecule has 0 aliphatic carbocycles. The molecule has 3 nitrogen and oxygen atoms in total. The second-order valence-corrected chi connectivity index (χ2v) is 18.0. The molecule has 4 heteroatoms. The van der Waals surface area contributed by atoms with E-state index in [1.807, 2.05) is 30.3 Å². The maximum absolute atomic E-state index is 6.67. The highest BCUT2D eigenvalue weighted by atomic mass is 28.3. The lowest BCUT2D eigenvalue weighted by molar-refractivity contribution is 0.623. The van der Waals surface area contributed by atoms with Crippen LogP contribution in [0.1, 0.15) is 0 Å². The third kappa shape index (κ3) is 6.27. The zero-order valence-electron chi connectivity index (χ0n) is 32.2. The zero-order valence-corrected chi connectivity index (χ0v) is 33.4. The van der Waals surface area contributed by atoms with Gasteiger partial charge in [0.2, 0.25) is 5.89 Å². The van der Waals surface area contributed by atoms with Crippen molar-refractivity contribution in [3.05, 3.63) is 224 Å². The van der Waals surface area contributed by atoms with Gasteiger partial charge in [-0.1, -0.05) is 191 Å². The van der Waals surface area contributed by atoms with Crippen LogP contribution in [0.5, 0.6) is 0 Å². The molecule has 59 heavy (non-hydrogen) atoms. The summed E-state index contributed by atoms with van der Waals surface area (Å²) in [5, 5.41) is 11.0. The number of fused-ring (bicyclic) bond motifs is 6. The lowest BCUT2D eigenvalue weighted by Crippen LogP contribution is -2.51. The van der Waals surface area contributed by atoms with Gasteiger partial charge in [-0.15, -0.1) is 0 Å². The van der Waals surface area contributed by atoms with E-state index >= 15 is 0 Å². The summed E-state index contributed by atoms with van der Waals surface area (Å²) >= 11 is 0. The number of rotatable bonds is 8. The molecule has 11 aromatic rings. The molecular weight excluding hydrogens is 733 g/mol. The first-order valence-corrected chi connectivity index (χ1v) is 21.9.